The zero-order valence-electron chi connectivity index (χ0n) is 8.25. The second-order valence-electron chi connectivity index (χ2n) is 3.45. The van der Waals surface area contributed by atoms with Crippen molar-refractivity contribution in [2.75, 3.05) is 0 Å². The van der Waals surface area contributed by atoms with Crippen LogP contribution in [0, 0.1) is 0 Å². The molecule has 3 aromatic rings. The number of nitrogens with one attached hydrogen (secondary N) is 1. The van der Waals surface area contributed by atoms with Crippen LogP contribution < -0.4 is 4.87 Å². The predicted molar refractivity (Wildman–Crippen MR) is 61.6 cm³/mol. The summed E-state index contributed by atoms with van der Waals surface area (Å²) in [6.07, 6.45) is 3.46. The third kappa shape index (κ3) is 1.63. The molecule has 0 fully saturated rings. The molecule has 2 heterocycles. The summed E-state index contributed by atoms with van der Waals surface area (Å²) < 4.78 is 2.72. The van der Waals surface area contributed by atoms with Crippen LogP contribution in [-0.2, 0) is 6.54 Å². The van der Waals surface area contributed by atoms with Gasteiger partial charge in [-0.25, -0.2) is 4.68 Å². The van der Waals surface area contributed by atoms with E-state index in [0.717, 1.165) is 15.8 Å². The minimum absolute atomic E-state index is 0.0205. The van der Waals surface area contributed by atoms with E-state index in [-0.39, 0.29) is 4.87 Å². The molecule has 2 aromatic heterocycles. The van der Waals surface area contributed by atoms with Crippen molar-refractivity contribution in [3.8, 4) is 0 Å². The maximum atomic E-state index is 11.2. The Morgan fingerprint density at radius 1 is 1.44 bits per heavy atom. The number of nitrogens with zero attached hydrogens (tertiary/aromatic N) is 3. The highest BCUT2D eigenvalue weighted by Gasteiger charge is 2.01. The Kier molecular flexibility index (Phi) is 2.07. The van der Waals surface area contributed by atoms with Gasteiger partial charge in [0.2, 0.25) is 0 Å². The van der Waals surface area contributed by atoms with E-state index in [0.29, 0.717) is 6.54 Å². The molecule has 0 amide bonds. The molecule has 5 nitrogen and oxygen atoms in total. The van der Waals surface area contributed by atoms with Crippen LogP contribution in [0.4, 0.5) is 0 Å². The average Bonchev–Trinajstić information content (AvgIpc) is 2.85. The average molecular weight is 232 g/mol. The molecule has 0 spiro atoms. The summed E-state index contributed by atoms with van der Waals surface area (Å²) in [5.41, 5.74) is 1.99. The quantitative estimate of drug-likeness (QED) is 0.722. The minimum atomic E-state index is -0.0205. The third-order valence-corrected chi connectivity index (χ3v) is 3.15. The number of benzene rings is 1. The van der Waals surface area contributed by atoms with Gasteiger partial charge in [-0.3, -0.25) is 4.79 Å². The molecule has 0 aliphatic carbocycles. The van der Waals surface area contributed by atoms with Gasteiger partial charge in [0.15, 0.2) is 0 Å². The van der Waals surface area contributed by atoms with Crippen LogP contribution in [0.5, 0.6) is 0 Å². The van der Waals surface area contributed by atoms with Crippen molar-refractivity contribution in [1.82, 2.24) is 20.0 Å². The van der Waals surface area contributed by atoms with Crippen molar-refractivity contribution < 1.29 is 0 Å². The number of thiazole rings is 1. The van der Waals surface area contributed by atoms with Crippen molar-refractivity contribution in [3.63, 3.8) is 0 Å². The lowest BCUT2D eigenvalue weighted by Gasteiger charge is -2.00. The van der Waals surface area contributed by atoms with Gasteiger partial charge in [0.1, 0.15) is 0 Å². The van der Waals surface area contributed by atoms with Crippen LogP contribution in [-0.4, -0.2) is 20.0 Å². The minimum Gasteiger partial charge on any atom is -0.312 e. The van der Waals surface area contributed by atoms with Gasteiger partial charge in [-0.1, -0.05) is 22.6 Å². The molecule has 80 valence electrons. The molecule has 0 aliphatic heterocycles. The number of H-pyrrole nitrogens is 1. The van der Waals surface area contributed by atoms with E-state index in [1.807, 2.05) is 24.4 Å². The molecule has 1 aromatic carbocycles. The Morgan fingerprint density at radius 2 is 2.38 bits per heavy atom. The van der Waals surface area contributed by atoms with Gasteiger partial charge < -0.3 is 4.98 Å². The lowest BCUT2D eigenvalue weighted by atomic mass is 10.2. The number of rotatable bonds is 2. The first kappa shape index (κ1) is 9.29. The first-order valence-electron chi connectivity index (χ1n) is 4.77. The summed E-state index contributed by atoms with van der Waals surface area (Å²) in [7, 11) is 0. The van der Waals surface area contributed by atoms with Crippen LogP contribution in [0.15, 0.2) is 35.4 Å². The lowest BCUT2D eigenvalue weighted by Crippen LogP contribution is -2.00. The molecule has 16 heavy (non-hydrogen) atoms. The first-order valence-corrected chi connectivity index (χ1v) is 5.59. The Hall–Kier alpha value is -1.95. The Labute approximate surface area is 94.4 Å². The molecule has 6 heteroatoms. The van der Waals surface area contributed by atoms with Crippen LogP contribution in [0.3, 0.4) is 0 Å². The monoisotopic (exact) mass is 232 g/mol. The molecule has 0 aliphatic rings. The topological polar surface area (TPSA) is 63.6 Å². The van der Waals surface area contributed by atoms with Crippen LogP contribution in [0.25, 0.3) is 10.2 Å². The zero-order valence-corrected chi connectivity index (χ0v) is 9.07. The summed E-state index contributed by atoms with van der Waals surface area (Å²) in [6, 6.07) is 5.89. The standard InChI is InChI=1S/C10H8N4OS/c15-10-12-8-2-1-7(5-9(8)16-10)6-14-4-3-11-13-14/h1-5H,6H2,(H,12,15). The van der Waals surface area contributed by atoms with Gasteiger partial charge >= 0.3 is 4.87 Å². The van der Waals surface area contributed by atoms with E-state index in [1.165, 1.54) is 11.3 Å². The third-order valence-electron chi connectivity index (χ3n) is 2.30. The van der Waals surface area contributed by atoms with E-state index >= 15 is 0 Å². The fourth-order valence-electron chi connectivity index (χ4n) is 1.59. The second kappa shape index (κ2) is 3.57. The molecule has 0 unspecified atom stereocenters. The molecule has 0 bridgehead atoms. The van der Waals surface area contributed by atoms with Crippen molar-refractivity contribution in [2.45, 2.75) is 6.54 Å². The molecule has 3 rings (SSSR count). The van der Waals surface area contributed by atoms with Gasteiger partial charge in [-0.2, -0.15) is 0 Å². The van der Waals surface area contributed by atoms with Crippen molar-refractivity contribution in [1.29, 1.82) is 0 Å². The highest BCUT2D eigenvalue weighted by molar-refractivity contribution is 7.16. The van der Waals surface area contributed by atoms with Crippen LogP contribution >= 0.6 is 11.3 Å². The maximum Gasteiger partial charge on any atom is 0.305 e. The Balaban J connectivity index is 2.01. The maximum absolute atomic E-state index is 11.2. The number of hydrogen-bond donors (Lipinski definition) is 1. The normalized spacial score (nSPS) is 11.0. The number of hydrogen-bond acceptors (Lipinski definition) is 4. The largest absolute Gasteiger partial charge is 0.312 e. The van der Waals surface area contributed by atoms with Crippen molar-refractivity contribution >= 4 is 21.6 Å². The zero-order chi connectivity index (χ0) is 11.0. The first-order chi connectivity index (χ1) is 7.81. The molecule has 0 atom stereocenters. The molecule has 0 saturated heterocycles. The summed E-state index contributed by atoms with van der Waals surface area (Å²) in [4.78, 5) is 13.9. The fraction of sp³-hybridized carbons (Fsp3) is 0.100. The van der Waals surface area contributed by atoms with Gasteiger partial charge in [0, 0.05) is 6.20 Å². The van der Waals surface area contributed by atoms with E-state index in [9.17, 15) is 4.79 Å². The molecule has 0 saturated carbocycles. The SMILES string of the molecule is O=c1[nH]c2ccc(Cn3ccnn3)cc2s1. The highest BCUT2D eigenvalue weighted by Crippen LogP contribution is 2.16. The van der Waals surface area contributed by atoms with Gasteiger partial charge in [0.05, 0.1) is 23.0 Å². The smallest absolute Gasteiger partial charge is 0.305 e. The molecular formula is C10H8N4OS. The van der Waals surface area contributed by atoms with Gasteiger partial charge in [-0.05, 0) is 17.7 Å². The number of fused-ring (bicyclic) bond motifs is 1. The molecular weight excluding hydrogens is 224 g/mol. The number of aromatic nitrogens is 4. The van der Waals surface area contributed by atoms with Crippen LogP contribution in [0.2, 0.25) is 0 Å². The molecule has 0 radical (unpaired) electrons. The summed E-state index contributed by atoms with van der Waals surface area (Å²) in [5, 5.41) is 7.64. The summed E-state index contributed by atoms with van der Waals surface area (Å²) in [6.45, 7) is 0.669. The van der Waals surface area contributed by atoms with Gasteiger partial charge in [-0.15, -0.1) is 5.10 Å². The summed E-state index contributed by atoms with van der Waals surface area (Å²) >= 11 is 1.22. The second-order valence-corrected chi connectivity index (χ2v) is 4.46. The Bertz CT molecular complexity index is 668. The predicted octanol–water partition coefficient (Wildman–Crippen LogP) is 1.23. The van der Waals surface area contributed by atoms with Crippen molar-refractivity contribution in [3.05, 3.63) is 45.8 Å². The van der Waals surface area contributed by atoms with E-state index in [4.69, 9.17) is 0 Å². The lowest BCUT2D eigenvalue weighted by molar-refractivity contribution is 0.650. The van der Waals surface area contributed by atoms with E-state index < -0.39 is 0 Å². The van der Waals surface area contributed by atoms with E-state index in [1.54, 1.807) is 10.9 Å². The highest BCUT2D eigenvalue weighted by atomic mass is 32.1. The summed E-state index contributed by atoms with van der Waals surface area (Å²) in [5.74, 6) is 0. The Morgan fingerprint density at radius 3 is 3.19 bits per heavy atom. The van der Waals surface area contributed by atoms with E-state index in [2.05, 4.69) is 15.3 Å². The fourth-order valence-corrected chi connectivity index (χ4v) is 2.39. The molecule has 1 N–H and O–H groups in total. The van der Waals surface area contributed by atoms with Gasteiger partial charge in [0.25, 0.3) is 0 Å². The van der Waals surface area contributed by atoms with Crippen molar-refractivity contribution in [2.24, 2.45) is 0 Å². The number of aromatic amines is 1. The van der Waals surface area contributed by atoms with Crippen LogP contribution in [0.1, 0.15) is 5.56 Å².